The van der Waals surface area contributed by atoms with E-state index < -0.39 is 6.10 Å². The number of nitrogens with one attached hydrogen (secondary N) is 1. The summed E-state index contributed by atoms with van der Waals surface area (Å²) in [6.45, 7) is 0.820. The summed E-state index contributed by atoms with van der Waals surface area (Å²) in [4.78, 5) is 4.85. The number of hydrogen-bond acceptors (Lipinski definition) is 3. The second-order valence-electron chi connectivity index (χ2n) is 8.86. The zero-order valence-corrected chi connectivity index (χ0v) is 19.4. The van der Waals surface area contributed by atoms with E-state index >= 15 is 0 Å². The third kappa shape index (κ3) is 4.75. The number of pyridine rings is 1. The summed E-state index contributed by atoms with van der Waals surface area (Å²) in [6.07, 6.45) is 4.21. The maximum absolute atomic E-state index is 10.8. The summed E-state index contributed by atoms with van der Waals surface area (Å²) in [5, 5.41) is 16.1. The van der Waals surface area contributed by atoms with Gasteiger partial charge in [-0.15, -0.1) is 0 Å². The van der Waals surface area contributed by atoms with Gasteiger partial charge in [-0.25, -0.2) is 0 Å². The smallest absolute Gasteiger partial charge is 0.0828 e. The summed E-state index contributed by atoms with van der Waals surface area (Å²) in [5.74, 6) is 0.359. The molecular formula is C29H29ClN2O. The Bertz CT molecular complexity index is 1190. The Morgan fingerprint density at radius 2 is 1.67 bits per heavy atom. The third-order valence-corrected chi connectivity index (χ3v) is 6.90. The van der Waals surface area contributed by atoms with Crippen LogP contribution in [0.15, 0.2) is 78.9 Å². The van der Waals surface area contributed by atoms with Crippen molar-refractivity contribution in [3.05, 3.63) is 106 Å². The molecular weight excluding hydrogens is 428 g/mol. The van der Waals surface area contributed by atoms with Gasteiger partial charge in [-0.3, -0.25) is 4.98 Å². The van der Waals surface area contributed by atoms with Crippen LogP contribution in [0.4, 0.5) is 5.69 Å². The van der Waals surface area contributed by atoms with Crippen molar-refractivity contribution in [2.45, 2.75) is 44.1 Å². The normalized spacial score (nSPS) is 15.5. The first-order valence-electron chi connectivity index (χ1n) is 11.8. The Morgan fingerprint density at radius 3 is 2.36 bits per heavy atom. The van der Waals surface area contributed by atoms with Crippen LogP contribution in [-0.2, 0) is 6.42 Å². The average Bonchev–Trinajstić information content (AvgIpc) is 2.85. The Labute approximate surface area is 200 Å². The molecule has 0 spiro atoms. The van der Waals surface area contributed by atoms with Crippen molar-refractivity contribution in [3.8, 4) is 0 Å². The van der Waals surface area contributed by atoms with Gasteiger partial charge in [-0.05, 0) is 61.4 Å². The second-order valence-corrected chi connectivity index (χ2v) is 9.30. The number of benzene rings is 3. The molecule has 1 unspecified atom stereocenters. The van der Waals surface area contributed by atoms with Gasteiger partial charge in [0.15, 0.2) is 0 Å². The number of anilines is 1. The number of aliphatic hydroxyl groups excluding tert-OH is 1. The molecule has 3 aromatic carbocycles. The van der Waals surface area contributed by atoms with Gasteiger partial charge in [-0.2, -0.15) is 0 Å². The highest BCUT2D eigenvalue weighted by Crippen LogP contribution is 2.39. The number of aromatic nitrogens is 1. The minimum atomic E-state index is -0.478. The van der Waals surface area contributed by atoms with E-state index in [1.807, 2.05) is 18.2 Å². The van der Waals surface area contributed by atoms with Crippen molar-refractivity contribution >= 4 is 28.2 Å². The zero-order valence-electron chi connectivity index (χ0n) is 18.7. The molecule has 0 amide bonds. The van der Waals surface area contributed by atoms with Crippen molar-refractivity contribution in [1.29, 1.82) is 0 Å². The predicted molar refractivity (Wildman–Crippen MR) is 137 cm³/mol. The first kappa shape index (κ1) is 21.9. The molecule has 1 aromatic heterocycles. The number of aliphatic hydroxyl groups is 1. The molecule has 1 aliphatic carbocycles. The Morgan fingerprint density at radius 1 is 0.970 bits per heavy atom. The van der Waals surface area contributed by atoms with Crippen LogP contribution in [0, 0.1) is 0 Å². The summed E-state index contributed by atoms with van der Waals surface area (Å²) in [5.41, 5.74) is 6.59. The molecule has 0 bridgehead atoms. The van der Waals surface area contributed by atoms with Crippen molar-refractivity contribution < 1.29 is 5.11 Å². The van der Waals surface area contributed by atoms with Crippen LogP contribution in [0.25, 0.3) is 10.9 Å². The quantitative estimate of drug-likeness (QED) is 0.287. The zero-order chi connectivity index (χ0) is 22.6. The first-order chi connectivity index (χ1) is 16.2. The van der Waals surface area contributed by atoms with E-state index in [2.05, 4.69) is 66.0 Å². The molecule has 5 rings (SSSR count). The molecule has 4 aromatic rings. The second kappa shape index (κ2) is 9.94. The molecule has 0 radical (unpaired) electrons. The average molecular weight is 457 g/mol. The molecule has 1 aliphatic rings. The van der Waals surface area contributed by atoms with E-state index in [0.29, 0.717) is 10.9 Å². The lowest BCUT2D eigenvalue weighted by Gasteiger charge is -2.26. The molecule has 0 saturated heterocycles. The van der Waals surface area contributed by atoms with E-state index in [0.717, 1.165) is 66.5 Å². The molecule has 0 fully saturated rings. The van der Waals surface area contributed by atoms with Gasteiger partial charge in [0.1, 0.15) is 0 Å². The lowest BCUT2D eigenvalue weighted by molar-refractivity contribution is 0.156. The molecule has 0 saturated carbocycles. The molecule has 1 atom stereocenters. The Kier molecular flexibility index (Phi) is 6.61. The van der Waals surface area contributed by atoms with E-state index in [1.165, 1.54) is 11.1 Å². The summed E-state index contributed by atoms with van der Waals surface area (Å²) < 4.78 is 0. The van der Waals surface area contributed by atoms with Crippen molar-refractivity contribution in [3.63, 3.8) is 0 Å². The highest BCUT2D eigenvalue weighted by Gasteiger charge is 2.25. The topological polar surface area (TPSA) is 45.2 Å². The molecule has 33 heavy (non-hydrogen) atoms. The van der Waals surface area contributed by atoms with E-state index in [9.17, 15) is 5.11 Å². The SMILES string of the molecule is OC1CCCc2nc3ccc(Cl)cc3c(NCCCC(c3ccccc3)c3ccccc3)c21. The Balaban J connectivity index is 1.39. The predicted octanol–water partition coefficient (Wildman–Crippen LogP) is 7.28. The van der Waals surface area contributed by atoms with Crippen LogP contribution < -0.4 is 5.32 Å². The third-order valence-electron chi connectivity index (χ3n) is 6.66. The van der Waals surface area contributed by atoms with Gasteiger partial charge in [0.05, 0.1) is 17.3 Å². The van der Waals surface area contributed by atoms with Gasteiger partial charge in [-0.1, -0.05) is 72.3 Å². The fourth-order valence-electron chi connectivity index (χ4n) is 5.06. The molecule has 1 heterocycles. The van der Waals surface area contributed by atoms with Gasteiger partial charge in [0.25, 0.3) is 0 Å². The first-order valence-corrected chi connectivity index (χ1v) is 12.2. The number of halogens is 1. The van der Waals surface area contributed by atoms with Gasteiger partial charge in [0, 0.05) is 34.1 Å². The van der Waals surface area contributed by atoms with Crippen molar-refractivity contribution in [2.24, 2.45) is 0 Å². The number of aryl methyl sites for hydroxylation is 1. The lowest BCUT2D eigenvalue weighted by Crippen LogP contribution is -2.16. The van der Waals surface area contributed by atoms with Gasteiger partial charge in [0.2, 0.25) is 0 Å². The fraction of sp³-hybridized carbons (Fsp3) is 0.276. The Hall–Kier alpha value is -2.88. The van der Waals surface area contributed by atoms with E-state index in [-0.39, 0.29) is 0 Å². The number of nitrogens with zero attached hydrogens (tertiary/aromatic N) is 1. The van der Waals surface area contributed by atoms with Crippen LogP contribution in [0.5, 0.6) is 0 Å². The maximum atomic E-state index is 10.8. The molecule has 4 heteroatoms. The van der Waals surface area contributed by atoms with Crippen LogP contribution in [0.3, 0.4) is 0 Å². The highest BCUT2D eigenvalue weighted by molar-refractivity contribution is 6.31. The fourth-order valence-corrected chi connectivity index (χ4v) is 5.24. The van der Waals surface area contributed by atoms with Crippen molar-refractivity contribution in [1.82, 2.24) is 4.98 Å². The highest BCUT2D eigenvalue weighted by atomic mass is 35.5. The molecule has 168 valence electrons. The minimum Gasteiger partial charge on any atom is -0.388 e. The number of fused-ring (bicyclic) bond motifs is 2. The van der Waals surface area contributed by atoms with Gasteiger partial charge < -0.3 is 10.4 Å². The molecule has 0 aliphatic heterocycles. The number of rotatable bonds is 7. The maximum Gasteiger partial charge on any atom is 0.0828 e. The van der Waals surface area contributed by atoms with Crippen LogP contribution in [0.2, 0.25) is 5.02 Å². The lowest BCUT2D eigenvalue weighted by atomic mass is 9.87. The number of hydrogen-bond donors (Lipinski definition) is 2. The minimum absolute atomic E-state index is 0.359. The van der Waals surface area contributed by atoms with Crippen LogP contribution >= 0.6 is 11.6 Å². The van der Waals surface area contributed by atoms with Gasteiger partial charge >= 0.3 is 0 Å². The van der Waals surface area contributed by atoms with Crippen molar-refractivity contribution in [2.75, 3.05) is 11.9 Å². The van der Waals surface area contributed by atoms with Crippen LogP contribution in [-0.4, -0.2) is 16.6 Å². The summed E-state index contributed by atoms with van der Waals surface area (Å²) in [7, 11) is 0. The monoisotopic (exact) mass is 456 g/mol. The molecule has 3 nitrogen and oxygen atoms in total. The van der Waals surface area contributed by atoms with E-state index in [4.69, 9.17) is 16.6 Å². The summed E-state index contributed by atoms with van der Waals surface area (Å²) >= 11 is 6.33. The largest absolute Gasteiger partial charge is 0.388 e. The van der Waals surface area contributed by atoms with Crippen LogP contribution in [0.1, 0.15) is 60.1 Å². The molecule has 2 N–H and O–H groups in total. The standard InChI is InChI=1S/C29H29ClN2O/c30-22-16-17-25-24(19-22)29(28-26(32-25)14-7-15-27(28)33)31-18-8-13-23(20-9-3-1-4-10-20)21-11-5-2-6-12-21/h1-6,9-12,16-17,19,23,27,33H,7-8,13-15,18H2,(H,31,32). The summed E-state index contributed by atoms with van der Waals surface area (Å²) in [6, 6.07) is 27.3. The van der Waals surface area contributed by atoms with E-state index in [1.54, 1.807) is 0 Å².